The average molecular weight is 438 g/mol. The second kappa shape index (κ2) is 10.0. The van der Waals surface area contributed by atoms with Crippen molar-refractivity contribution in [2.45, 2.75) is 24.3 Å². The summed E-state index contributed by atoms with van der Waals surface area (Å²) >= 11 is 0. The van der Waals surface area contributed by atoms with Gasteiger partial charge in [-0.2, -0.15) is 5.10 Å². The van der Waals surface area contributed by atoms with Gasteiger partial charge in [0.1, 0.15) is 5.75 Å². The molecule has 0 saturated heterocycles. The number of benzene rings is 3. The molecule has 0 aliphatic heterocycles. The Kier molecular flexibility index (Phi) is 7.17. The van der Waals surface area contributed by atoms with Crippen molar-refractivity contribution in [3.63, 3.8) is 0 Å². The van der Waals surface area contributed by atoms with Crippen molar-refractivity contribution >= 4 is 22.1 Å². The summed E-state index contributed by atoms with van der Waals surface area (Å²) in [6, 6.07) is 21.0. The Balaban J connectivity index is 1.73. The fraction of sp³-hybridized carbons (Fsp3) is 0.130. The van der Waals surface area contributed by atoms with Gasteiger partial charge in [-0.15, -0.1) is 0 Å². The summed E-state index contributed by atoms with van der Waals surface area (Å²) in [5.74, 6) is -0.373. The zero-order valence-electron chi connectivity index (χ0n) is 16.9. The molecule has 0 aliphatic carbocycles. The highest BCUT2D eigenvalue weighted by atomic mass is 32.2. The largest absolute Gasteiger partial charge is 0.508 e. The van der Waals surface area contributed by atoms with Crippen molar-refractivity contribution in [3.8, 4) is 5.75 Å². The van der Waals surface area contributed by atoms with Gasteiger partial charge in [0.05, 0.1) is 17.2 Å². The van der Waals surface area contributed by atoms with Gasteiger partial charge in [-0.05, 0) is 42.3 Å². The summed E-state index contributed by atoms with van der Waals surface area (Å²) < 4.78 is 28.3. The summed E-state index contributed by atoms with van der Waals surface area (Å²) in [6.07, 6.45) is 1.25. The second-order valence-corrected chi connectivity index (χ2v) is 8.70. The van der Waals surface area contributed by atoms with E-state index in [-0.39, 0.29) is 17.1 Å². The molecule has 1 amide bonds. The van der Waals surface area contributed by atoms with Gasteiger partial charge in [-0.25, -0.2) is 18.6 Å². The molecule has 3 rings (SSSR count). The minimum Gasteiger partial charge on any atom is -0.508 e. The Morgan fingerprint density at radius 3 is 2.42 bits per heavy atom. The summed E-state index contributed by atoms with van der Waals surface area (Å²) in [6.45, 7) is 1.87. The molecule has 3 aromatic rings. The molecular weight excluding hydrogens is 414 g/mol. The fourth-order valence-corrected chi connectivity index (χ4v) is 4.13. The minimum atomic E-state index is -3.83. The maximum Gasteiger partial charge on any atom is 0.242 e. The number of nitrogens with one attached hydrogen (secondary N) is 2. The molecule has 0 aromatic heterocycles. The third-order valence-electron chi connectivity index (χ3n) is 4.49. The number of hydrazone groups is 1. The first kappa shape index (κ1) is 22.2. The Hall–Kier alpha value is -3.49. The average Bonchev–Trinajstić information content (AvgIpc) is 2.74. The van der Waals surface area contributed by atoms with E-state index >= 15 is 0 Å². The van der Waals surface area contributed by atoms with Crippen LogP contribution in [-0.2, 0) is 14.8 Å². The van der Waals surface area contributed by atoms with Gasteiger partial charge in [-0.3, -0.25) is 4.79 Å². The van der Waals surface area contributed by atoms with Crippen LogP contribution in [0, 0.1) is 6.92 Å². The first-order valence-corrected chi connectivity index (χ1v) is 11.1. The maximum atomic E-state index is 12.8. The molecule has 3 aromatic carbocycles. The number of hydrogen-bond acceptors (Lipinski definition) is 5. The van der Waals surface area contributed by atoms with Crippen molar-refractivity contribution in [2.75, 3.05) is 0 Å². The van der Waals surface area contributed by atoms with E-state index in [1.165, 1.54) is 30.5 Å². The third-order valence-corrected chi connectivity index (χ3v) is 5.98. The van der Waals surface area contributed by atoms with Gasteiger partial charge in [0, 0.05) is 6.42 Å². The van der Waals surface area contributed by atoms with Crippen molar-refractivity contribution in [2.24, 2.45) is 5.10 Å². The smallest absolute Gasteiger partial charge is 0.242 e. The van der Waals surface area contributed by atoms with Crippen LogP contribution in [0.25, 0.3) is 0 Å². The van der Waals surface area contributed by atoms with E-state index in [1.54, 1.807) is 48.5 Å². The molecule has 3 N–H and O–H groups in total. The normalized spacial score (nSPS) is 12.5. The summed E-state index contributed by atoms with van der Waals surface area (Å²) in [5, 5.41) is 13.4. The first-order chi connectivity index (χ1) is 14.8. The lowest BCUT2D eigenvalue weighted by Crippen LogP contribution is -2.32. The maximum absolute atomic E-state index is 12.8. The lowest BCUT2D eigenvalue weighted by Gasteiger charge is -2.18. The standard InChI is InChI=1S/C23H23N3O4S/c1-17-10-12-21(13-11-17)31(29,30)26-22(19-7-3-2-4-8-19)15-23(28)25-24-16-18-6-5-9-20(27)14-18/h2-14,16,22,26-27H,15H2,1H3,(H,25,28)/b24-16-/t22-/m1/s1. The van der Waals surface area contributed by atoms with Crippen LogP contribution in [0.3, 0.4) is 0 Å². The predicted octanol–water partition coefficient (Wildman–Crippen LogP) is 3.26. The number of amides is 1. The molecule has 0 radical (unpaired) electrons. The Morgan fingerprint density at radius 1 is 1.03 bits per heavy atom. The van der Waals surface area contributed by atoms with E-state index in [1.807, 2.05) is 13.0 Å². The monoisotopic (exact) mass is 437 g/mol. The molecule has 0 heterocycles. The van der Waals surface area contributed by atoms with Gasteiger partial charge in [0.25, 0.3) is 0 Å². The van der Waals surface area contributed by atoms with Gasteiger partial charge in [-0.1, -0.05) is 60.2 Å². The summed E-state index contributed by atoms with van der Waals surface area (Å²) in [7, 11) is -3.83. The molecule has 0 bridgehead atoms. The van der Waals surface area contributed by atoms with Crippen molar-refractivity contribution in [3.05, 3.63) is 95.6 Å². The predicted molar refractivity (Wildman–Crippen MR) is 119 cm³/mol. The Bertz CT molecular complexity index is 1160. The molecule has 0 saturated carbocycles. The van der Waals surface area contributed by atoms with Crippen molar-refractivity contribution in [1.82, 2.24) is 10.1 Å². The number of hydrogen-bond donors (Lipinski definition) is 3. The highest BCUT2D eigenvalue weighted by Crippen LogP contribution is 2.21. The van der Waals surface area contributed by atoms with Crippen molar-refractivity contribution < 1.29 is 18.3 Å². The van der Waals surface area contributed by atoms with Crippen LogP contribution < -0.4 is 10.1 Å². The molecule has 0 spiro atoms. The number of sulfonamides is 1. The molecule has 160 valence electrons. The van der Waals surface area contributed by atoms with E-state index in [0.717, 1.165) is 5.56 Å². The second-order valence-electron chi connectivity index (χ2n) is 6.99. The van der Waals surface area contributed by atoms with Crippen LogP contribution in [0.4, 0.5) is 0 Å². The number of phenolic OH excluding ortho intramolecular Hbond substituents is 1. The first-order valence-electron chi connectivity index (χ1n) is 9.58. The van der Waals surface area contributed by atoms with Crippen LogP contribution >= 0.6 is 0 Å². The lowest BCUT2D eigenvalue weighted by atomic mass is 10.0. The van der Waals surface area contributed by atoms with E-state index in [9.17, 15) is 18.3 Å². The molecule has 8 heteroatoms. The topological polar surface area (TPSA) is 108 Å². The van der Waals surface area contributed by atoms with Crippen LogP contribution in [-0.4, -0.2) is 25.6 Å². The molecule has 1 atom stereocenters. The molecule has 0 unspecified atom stereocenters. The third kappa shape index (κ3) is 6.50. The Morgan fingerprint density at radius 2 is 1.74 bits per heavy atom. The number of nitrogens with zero attached hydrogens (tertiary/aromatic N) is 1. The van der Waals surface area contributed by atoms with Crippen LogP contribution in [0.15, 0.2) is 88.9 Å². The molecular formula is C23H23N3O4S. The van der Waals surface area contributed by atoms with E-state index in [4.69, 9.17) is 0 Å². The van der Waals surface area contributed by atoms with E-state index in [0.29, 0.717) is 11.1 Å². The molecule has 7 nitrogen and oxygen atoms in total. The number of rotatable bonds is 8. The summed E-state index contributed by atoms with van der Waals surface area (Å²) in [5.41, 5.74) is 4.61. The van der Waals surface area contributed by atoms with Gasteiger partial charge in [0.15, 0.2) is 0 Å². The fourth-order valence-electron chi connectivity index (χ4n) is 2.90. The zero-order chi connectivity index (χ0) is 22.3. The van der Waals surface area contributed by atoms with Gasteiger partial charge in [0.2, 0.25) is 15.9 Å². The Labute approximate surface area is 181 Å². The highest BCUT2D eigenvalue weighted by molar-refractivity contribution is 7.89. The summed E-state index contributed by atoms with van der Waals surface area (Å²) in [4.78, 5) is 12.6. The quantitative estimate of drug-likeness (QED) is 0.371. The van der Waals surface area contributed by atoms with Gasteiger partial charge >= 0.3 is 0 Å². The van der Waals surface area contributed by atoms with E-state index < -0.39 is 22.0 Å². The van der Waals surface area contributed by atoms with E-state index in [2.05, 4.69) is 15.2 Å². The molecule has 0 aliphatic rings. The van der Waals surface area contributed by atoms with Crippen LogP contribution in [0.2, 0.25) is 0 Å². The molecule has 0 fully saturated rings. The van der Waals surface area contributed by atoms with Gasteiger partial charge < -0.3 is 5.11 Å². The SMILES string of the molecule is Cc1ccc(S(=O)(=O)N[C@H](CC(=O)N/N=C\c2cccc(O)c2)c2ccccc2)cc1. The van der Waals surface area contributed by atoms with Crippen LogP contribution in [0.1, 0.15) is 29.2 Å². The molecule has 31 heavy (non-hydrogen) atoms. The van der Waals surface area contributed by atoms with Crippen molar-refractivity contribution in [1.29, 1.82) is 0 Å². The minimum absolute atomic E-state index is 0.0879. The number of phenols is 1. The number of carbonyl (C=O) groups is 1. The lowest BCUT2D eigenvalue weighted by molar-refractivity contribution is -0.121. The number of aryl methyl sites for hydroxylation is 1. The number of carbonyl (C=O) groups excluding carboxylic acids is 1. The zero-order valence-corrected chi connectivity index (χ0v) is 17.7. The highest BCUT2D eigenvalue weighted by Gasteiger charge is 2.23. The van der Waals surface area contributed by atoms with Crippen LogP contribution in [0.5, 0.6) is 5.75 Å². The number of aromatic hydroxyl groups is 1.